The van der Waals surface area contributed by atoms with Gasteiger partial charge in [0.2, 0.25) is 0 Å². The molecule has 1 saturated heterocycles. The number of carboxylic acid groups (broad SMARTS) is 1. The molecule has 0 aromatic heterocycles. The van der Waals surface area contributed by atoms with Crippen molar-refractivity contribution >= 4 is 48.0 Å². The maximum Gasteiger partial charge on any atom is 0.529 e. The minimum atomic E-state index is -4.30. The zero-order valence-electron chi connectivity index (χ0n) is 11.1. The Kier molecular flexibility index (Phi) is 4.40. The Hall–Kier alpha value is -0.640. The summed E-state index contributed by atoms with van der Waals surface area (Å²) in [4.78, 5) is 11.3. The second kappa shape index (κ2) is 5.53. The summed E-state index contributed by atoms with van der Waals surface area (Å²) in [6, 6.07) is 2.14. The van der Waals surface area contributed by atoms with Gasteiger partial charge in [-0.15, -0.1) is 3.89 Å². The van der Waals surface area contributed by atoms with E-state index < -0.39 is 31.8 Å². The molecule has 116 valence electrons. The van der Waals surface area contributed by atoms with Gasteiger partial charge < -0.3 is 10.2 Å². The monoisotopic (exact) mass is 442 g/mol. The number of amides is 1. The molecule has 2 atom stereocenters. The first-order valence-corrected chi connectivity index (χ1v) is 9.21. The maximum absolute atomic E-state index is 12.9. The molecule has 1 fully saturated rings. The van der Waals surface area contributed by atoms with Crippen molar-refractivity contribution in [2.75, 3.05) is 6.54 Å². The lowest BCUT2D eigenvalue weighted by Gasteiger charge is -2.31. The van der Waals surface area contributed by atoms with Crippen LogP contribution in [0.4, 0.5) is 4.79 Å². The van der Waals surface area contributed by atoms with E-state index in [1.165, 1.54) is 12.1 Å². The molecule has 1 unspecified atom stereocenters. The number of hydrogen-bond acceptors (Lipinski definition) is 4. The quantitative estimate of drug-likeness (QED) is 0.684. The molecule has 0 aliphatic carbocycles. The number of sulfonamides is 1. The van der Waals surface area contributed by atoms with E-state index in [1.54, 1.807) is 6.92 Å². The Balaban J connectivity index is 2.75. The SMILES string of the molecule is C[C@@H]1CCC[N+]1(C(=O)O)S(=O)(=O)c1cc(Br)cc(Br)c1O. The highest BCUT2D eigenvalue weighted by molar-refractivity contribution is 9.11. The third-order valence-electron chi connectivity index (χ3n) is 3.85. The van der Waals surface area contributed by atoms with Crippen molar-refractivity contribution in [2.45, 2.75) is 30.7 Å². The largest absolute Gasteiger partial charge is 0.529 e. The molecule has 0 radical (unpaired) electrons. The van der Waals surface area contributed by atoms with E-state index in [0.29, 0.717) is 17.3 Å². The summed E-state index contributed by atoms with van der Waals surface area (Å²) >= 11 is 6.23. The van der Waals surface area contributed by atoms with Gasteiger partial charge in [0, 0.05) is 17.3 Å². The normalized spacial score (nSPS) is 26.0. The average molecular weight is 444 g/mol. The number of rotatable bonds is 2. The number of nitrogens with zero attached hydrogens (tertiary/aromatic N) is 1. The zero-order chi connectivity index (χ0) is 16.0. The van der Waals surface area contributed by atoms with E-state index in [1.807, 2.05) is 0 Å². The van der Waals surface area contributed by atoms with Gasteiger partial charge in [-0.05, 0) is 35.0 Å². The van der Waals surface area contributed by atoms with Crippen molar-refractivity contribution in [1.82, 2.24) is 0 Å². The summed E-state index contributed by atoms with van der Waals surface area (Å²) in [6.07, 6.45) is -0.417. The number of phenolic OH excluding ortho intramolecular Hbond substituents is 1. The van der Waals surface area contributed by atoms with Gasteiger partial charge in [-0.2, -0.15) is 13.2 Å². The van der Waals surface area contributed by atoms with Crippen LogP contribution in [0.2, 0.25) is 0 Å². The van der Waals surface area contributed by atoms with Crippen LogP contribution in [0.5, 0.6) is 5.75 Å². The molecule has 2 N–H and O–H groups in total. The predicted octanol–water partition coefficient (Wildman–Crippen LogP) is 3.28. The van der Waals surface area contributed by atoms with Crippen LogP contribution >= 0.6 is 31.9 Å². The first-order chi connectivity index (χ1) is 9.64. The number of carbonyl (C=O) groups is 1. The van der Waals surface area contributed by atoms with Crippen LogP contribution in [0.25, 0.3) is 0 Å². The van der Waals surface area contributed by atoms with E-state index in [9.17, 15) is 23.4 Å². The number of hydrogen-bond donors (Lipinski definition) is 2. The molecule has 1 aromatic carbocycles. The third kappa shape index (κ3) is 2.39. The molecule has 1 heterocycles. The van der Waals surface area contributed by atoms with Crippen molar-refractivity contribution < 1.29 is 27.3 Å². The molecule has 6 nitrogen and oxygen atoms in total. The van der Waals surface area contributed by atoms with Gasteiger partial charge >= 0.3 is 16.1 Å². The molecular formula is C12H14Br2NO5S+. The number of aromatic hydroxyl groups is 1. The van der Waals surface area contributed by atoms with Crippen LogP contribution in [0.1, 0.15) is 19.8 Å². The summed E-state index contributed by atoms with van der Waals surface area (Å²) in [5.74, 6) is -0.476. The molecular weight excluding hydrogens is 430 g/mol. The Morgan fingerprint density at radius 2 is 2.00 bits per heavy atom. The van der Waals surface area contributed by atoms with Gasteiger partial charge in [-0.25, -0.2) is 0 Å². The topological polar surface area (TPSA) is 91.7 Å². The lowest BCUT2D eigenvalue weighted by molar-refractivity contribution is -0.741. The van der Waals surface area contributed by atoms with Crippen molar-refractivity contribution in [1.29, 1.82) is 0 Å². The Morgan fingerprint density at radius 1 is 1.38 bits per heavy atom. The summed E-state index contributed by atoms with van der Waals surface area (Å²) in [5.41, 5.74) is 0. The minimum Gasteiger partial charge on any atom is -0.505 e. The number of benzene rings is 1. The van der Waals surface area contributed by atoms with Crippen LogP contribution in [0.15, 0.2) is 26.0 Å². The lowest BCUT2D eigenvalue weighted by Crippen LogP contribution is -2.58. The van der Waals surface area contributed by atoms with Crippen LogP contribution in [0, 0.1) is 0 Å². The molecule has 9 heteroatoms. The van der Waals surface area contributed by atoms with Crippen LogP contribution < -0.4 is 0 Å². The number of likely N-dealkylation sites (tertiary alicyclic amines) is 1. The van der Waals surface area contributed by atoms with E-state index in [0.717, 1.165) is 0 Å². The third-order valence-corrected chi connectivity index (χ3v) is 7.33. The molecule has 2 rings (SSSR count). The predicted molar refractivity (Wildman–Crippen MR) is 82.5 cm³/mol. The van der Waals surface area contributed by atoms with Crippen LogP contribution in [-0.4, -0.2) is 41.2 Å². The van der Waals surface area contributed by atoms with E-state index in [-0.39, 0.29) is 15.9 Å². The average Bonchev–Trinajstić information content (AvgIpc) is 2.76. The second-order valence-electron chi connectivity index (χ2n) is 5.00. The molecule has 0 spiro atoms. The highest BCUT2D eigenvalue weighted by Crippen LogP contribution is 2.42. The molecule has 1 amide bonds. The molecule has 0 bridgehead atoms. The first kappa shape index (κ1) is 16.7. The summed E-state index contributed by atoms with van der Waals surface area (Å²) in [6.45, 7) is 1.59. The summed E-state index contributed by atoms with van der Waals surface area (Å²) in [5, 5.41) is 19.6. The van der Waals surface area contributed by atoms with E-state index >= 15 is 0 Å². The molecule has 21 heavy (non-hydrogen) atoms. The Labute approximate surface area is 139 Å². The van der Waals surface area contributed by atoms with Crippen molar-refractivity contribution in [2.24, 2.45) is 0 Å². The Bertz CT molecular complexity index is 706. The smallest absolute Gasteiger partial charge is 0.505 e. The Morgan fingerprint density at radius 3 is 2.48 bits per heavy atom. The lowest BCUT2D eigenvalue weighted by atomic mass is 10.2. The van der Waals surface area contributed by atoms with Gasteiger partial charge in [0.15, 0.2) is 10.6 Å². The van der Waals surface area contributed by atoms with Gasteiger partial charge in [-0.3, -0.25) is 0 Å². The maximum atomic E-state index is 12.9. The molecule has 1 aromatic rings. The summed E-state index contributed by atoms with van der Waals surface area (Å²) in [7, 11) is -4.30. The van der Waals surface area contributed by atoms with Crippen molar-refractivity contribution in [3.8, 4) is 5.75 Å². The summed E-state index contributed by atoms with van der Waals surface area (Å²) < 4.78 is 25.4. The standard InChI is InChI=1S/C12H13Br2NO5S/c1-7-3-2-4-15(7,12(17)18)21(19,20)10-6-8(13)5-9(14)11(10)16/h5-7H,2-4H2,1H3,(H-,16,17,18)/p+1/t7-,15?/m1/s1. The fourth-order valence-electron chi connectivity index (χ4n) is 2.71. The highest BCUT2D eigenvalue weighted by Gasteiger charge is 2.58. The van der Waals surface area contributed by atoms with Crippen molar-refractivity contribution in [3.05, 3.63) is 21.1 Å². The van der Waals surface area contributed by atoms with Gasteiger partial charge in [0.05, 0.1) is 4.47 Å². The minimum absolute atomic E-state index is 0.0115. The highest BCUT2D eigenvalue weighted by atomic mass is 79.9. The number of phenols is 1. The number of quaternary nitrogens is 1. The fourth-order valence-corrected chi connectivity index (χ4v) is 6.35. The van der Waals surface area contributed by atoms with Crippen LogP contribution in [0.3, 0.4) is 0 Å². The van der Waals surface area contributed by atoms with Gasteiger partial charge in [0.25, 0.3) is 0 Å². The van der Waals surface area contributed by atoms with Gasteiger partial charge in [-0.1, -0.05) is 15.9 Å². The van der Waals surface area contributed by atoms with E-state index in [2.05, 4.69) is 31.9 Å². The fraction of sp³-hybridized carbons (Fsp3) is 0.417. The first-order valence-electron chi connectivity index (χ1n) is 6.19. The van der Waals surface area contributed by atoms with Gasteiger partial charge in [0.1, 0.15) is 12.6 Å². The van der Waals surface area contributed by atoms with E-state index in [4.69, 9.17) is 0 Å². The zero-order valence-corrected chi connectivity index (χ0v) is 15.1. The van der Waals surface area contributed by atoms with Crippen molar-refractivity contribution in [3.63, 3.8) is 0 Å². The van der Waals surface area contributed by atoms with Crippen LogP contribution in [-0.2, 0) is 10.0 Å². The molecule has 1 aliphatic rings. The number of halogens is 2. The molecule has 1 aliphatic heterocycles. The molecule has 0 saturated carbocycles. The second-order valence-corrected chi connectivity index (χ2v) is 8.81.